The van der Waals surface area contributed by atoms with Gasteiger partial charge in [-0.1, -0.05) is 11.8 Å². The number of nitrogens with zero attached hydrogens (tertiary/aromatic N) is 2. The molecule has 2 N–H and O–H groups in total. The summed E-state index contributed by atoms with van der Waals surface area (Å²) >= 11 is 1.34. The Hall–Kier alpha value is -1.04. The van der Waals surface area contributed by atoms with Crippen LogP contribution in [0.3, 0.4) is 0 Å². The average Bonchev–Trinajstić information content (AvgIpc) is 2.01. The molecule has 0 aliphatic rings. The standard InChI is InChI=1S/C7H12N4OS/c1-4(2)8-5-9-6(12)11-7(10-5)13-3/h4H,1-3H3,(H2,8,9,10,11,12). The molecule has 0 saturated carbocycles. The molecule has 0 unspecified atom stereocenters. The van der Waals surface area contributed by atoms with Crippen LogP contribution in [0.5, 0.6) is 0 Å². The maximum atomic E-state index is 11.0. The molecule has 0 saturated heterocycles. The highest BCUT2D eigenvalue weighted by Crippen LogP contribution is 2.06. The topological polar surface area (TPSA) is 70.7 Å². The first-order valence-electron chi connectivity index (χ1n) is 3.90. The van der Waals surface area contributed by atoms with E-state index in [-0.39, 0.29) is 11.7 Å². The second-order valence-corrected chi connectivity index (χ2v) is 3.56. The molecule has 0 fully saturated rings. The van der Waals surface area contributed by atoms with Crippen molar-refractivity contribution in [3.63, 3.8) is 0 Å². The fraction of sp³-hybridized carbons (Fsp3) is 0.571. The van der Waals surface area contributed by atoms with Crippen molar-refractivity contribution in [1.82, 2.24) is 15.0 Å². The molecule has 0 aliphatic carbocycles. The van der Waals surface area contributed by atoms with E-state index in [1.165, 1.54) is 11.8 Å². The van der Waals surface area contributed by atoms with E-state index in [9.17, 15) is 4.79 Å². The Balaban J connectivity index is 2.95. The first-order chi connectivity index (χ1) is 6.11. The molecule has 0 bridgehead atoms. The van der Waals surface area contributed by atoms with Gasteiger partial charge >= 0.3 is 5.69 Å². The summed E-state index contributed by atoms with van der Waals surface area (Å²) in [6.07, 6.45) is 1.83. The van der Waals surface area contributed by atoms with Gasteiger partial charge in [-0.2, -0.15) is 9.97 Å². The van der Waals surface area contributed by atoms with Gasteiger partial charge < -0.3 is 5.32 Å². The van der Waals surface area contributed by atoms with Crippen molar-refractivity contribution in [2.24, 2.45) is 0 Å². The molecule has 13 heavy (non-hydrogen) atoms. The summed E-state index contributed by atoms with van der Waals surface area (Å²) in [5.41, 5.74) is -0.373. The molecule has 0 spiro atoms. The van der Waals surface area contributed by atoms with Gasteiger partial charge in [0.2, 0.25) is 5.95 Å². The van der Waals surface area contributed by atoms with Crippen molar-refractivity contribution in [2.45, 2.75) is 25.0 Å². The zero-order valence-electron chi connectivity index (χ0n) is 7.79. The van der Waals surface area contributed by atoms with Crippen LogP contribution in [0.2, 0.25) is 0 Å². The first kappa shape index (κ1) is 10.0. The smallest absolute Gasteiger partial charge is 0.350 e. The number of hydrogen-bond donors (Lipinski definition) is 2. The molecule has 0 amide bonds. The highest BCUT2D eigenvalue weighted by atomic mass is 32.2. The molecule has 1 aromatic rings. The zero-order chi connectivity index (χ0) is 9.84. The summed E-state index contributed by atoms with van der Waals surface area (Å²) in [7, 11) is 0. The minimum atomic E-state index is -0.373. The summed E-state index contributed by atoms with van der Waals surface area (Å²) in [6, 6.07) is 0.236. The largest absolute Gasteiger partial charge is 0.353 e. The molecule has 72 valence electrons. The van der Waals surface area contributed by atoms with Crippen molar-refractivity contribution >= 4 is 17.7 Å². The first-order valence-corrected chi connectivity index (χ1v) is 5.13. The third-order valence-electron chi connectivity index (χ3n) is 1.24. The molecule has 0 atom stereocenters. The van der Waals surface area contributed by atoms with Crippen LogP contribution >= 0.6 is 11.8 Å². The maximum absolute atomic E-state index is 11.0. The maximum Gasteiger partial charge on any atom is 0.350 e. The number of anilines is 1. The lowest BCUT2D eigenvalue weighted by Gasteiger charge is -2.07. The second kappa shape index (κ2) is 4.27. The van der Waals surface area contributed by atoms with Gasteiger partial charge in [0, 0.05) is 6.04 Å². The Kier molecular flexibility index (Phi) is 3.30. The molecule has 1 aromatic heterocycles. The van der Waals surface area contributed by atoms with Crippen LogP contribution in [0.4, 0.5) is 5.95 Å². The Bertz CT molecular complexity index is 336. The molecule has 0 radical (unpaired) electrons. The zero-order valence-corrected chi connectivity index (χ0v) is 8.60. The van der Waals surface area contributed by atoms with Crippen molar-refractivity contribution in [3.05, 3.63) is 10.5 Å². The van der Waals surface area contributed by atoms with Gasteiger partial charge in [-0.15, -0.1) is 0 Å². The van der Waals surface area contributed by atoms with E-state index < -0.39 is 0 Å². The van der Waals surface area contributed by atoms with Crippen LogP contribution in [0, 0.1) is 0 Å². The van der Waals surface area contributed by atoms with Crippen LogP contribution in [-0.2, 0) is 0 Å². The molecule has 0 aromatic carbocycles. The van der Waals surface area contributed by atoms with Crippen LogP contribution in [-0.4, -0.2) is 27.2 Å². The van der Waals surface area contributed by atoms with Crippen molar-refractivity contribution in [2.75, 3.05) is 11.6 Å². The normalized spacial score (nSPS) is 10.5. The van der Waals surface area contributed by atoms with Crippen molar-refractivity contribution < 1.29 is 0 Å². The summed E-state index contributed by atoms with van der Waals surface area (Å²) in [6.45, 7) is 3.94. The van der Waals surface area contributed by atoms with Gasteiger partial charge in [0.05, 0.1) is 0 Å². The highest BCUT2D eigenvalue weighted by Gasteiger charge is 2.01. The molecule has 6 heteroatoms. The Morgan fingerprint density at radius 3 is 2.69 bits per heavy atom. The van der Waals surface area contributed by atoms with Gasteiger partial charge in [0.25, 0.3) is 0 Å². The van der Waals surface area contributed by atoms with E-state index in [2.05, 4.69) is 20.3 Å². The Morgan fingerprint density at radius 2 is 2.15 bits per heavy atom. The predicted molar refractivity (Wildman–Crippen MR) is 53.2 cm³/mol. The van der Waals surface area contributed by atoms with Gasteiger partial charge in [0.15, 0.2) is 5.16 Å². The van der Waals surface area contributed by atoms with Gasteiger partial charge in [0.1, 0.15) is 0 Å². The lowest BCUT2D eigenvalue weighted by atomic mass is 10.4. The molecule has 1 rings (SSSR count). The van der Waals surface area contributed by atoms with Crippen molar-refractivity contribution in [3.8, 4) is 0 Å². The Morgan fingerprint density at radius 1 is 1.46 bits per heavy atom. The third-order valence-corrected chi connectivity index (χ3v) is 1.79. The summed E-state index contributed by atoms with van der Waals surface area (Å²) in [5.74, 6) is 0.472. The molecular formula is C7H12N4OS. The number of rotatable bonds is 3. The number of H-pyrrole nitrogens is 1. The van der Waals surface area contributed by atoms with Gasteiger partial charge in [-0.3, -0.25) is 4.98 Å². The SMILES string of the molecule is CSc1nc(NC(C)C)[nH]c(=O)n1. The number of aromatic amines is 1. The van der Waals surface area contributed by atoms with E-state index in [1.54, 1.807) is 0 Å². The molecule has 5 nitrogen and oxygen atoms in total. The van der Waals surface area contributed by atoms with Crippen LogP contribution in [0.15, 0.2) is 9.95 Å². The second-order valence-electron chi connectivity index (χ2n) is 2.79. The fourth-order valence-corrected chi connectivity index (χ4v) is 1.15. The van der Waals surface area contributed by atoms with Crippen LogP contribution in [0.25, 0.3) is 0 Å². The fourth-order valence-electron chi connectivity index (χ4n) is 0.798. The lowest BCUT2D eigenvalue weighted by molar-refractivity contribution is 0.816. The van der Waals surface area contributed by atoms with Crippen LogP contribution < -0.4 is 11.0 Å². The quantitative estimate of drug-likeness (QED) is 0.703. The highest BCUT2D eigenvalue weighted by molar-refractivity contribution is 7.98. The van der Waals surface area contributed by atoms with Crippen LogP contribution in [0.1, 0.15) is 13.8 Å². The van der Waals surface area contributed by atoms with E-state index in [0.717, 1.165) is 0 Å². The van der Waals surface area contributed by atoms with Gasteiger partial charge in [-0.05, 0) is 20.1 Å². The third kappa shape index (κ3) is 3.06. The van der Waals surface area contributed by atoms with E-state index in [1.807, 2.05) is 20.1 Å². The van der Waals surface area contributed by atoms with Crippen molar-refractivity contribution in [1.29, 1.82) is 0 Å². The number of nitrogens with one attached hydrogen (secondary N) is 2. The molecule has 0 aliphatic heterocycles. The molecular weight excluding hydrogens is 188 g/mol. The number of thioether (sulfide) groups is 1. The minimum Gasteiger partial charge on any atom is -0.353 e. The average molecular weight is 200 g/mol. The minimum absolute atomic E-state index is 0.236. The number of hydrogen-bond acceptors (Lipinski definition) is 5. The Labute approximate surface area is 80.4 Å². The molecule has 1 heterocycles. The summed E-state index contributed by atoms with van der Waals surface area (Å²) < 4.78 is 0. The monoisotopic (exact) mass is 200 g/mol. The predicted octanol–water partition coefficient (Wildman–Crippen LogP) is 0.707. The van der Waals surface area contributed by atoms with E-state index in [0.29, 0.717) is 11.1 Å². The lowest BCUT2D eigenvalue weighted by Crippen LogP contribution is -2.20. The van der Waals surface area contributed by atoms with Gasteiger partial charge in [-0.25, -0.2) is 4.79 Å². The van der Waals surface area contributed by atoms with E-state index >= 15 is 0 Å². The summed E-state index contributed by atoms with van der Waals surface area (Å²) in [4.78, 5) is 21.2. The number of aromatic nitrogens is 3. The summed E-state index contributed by atoms with van der Waals surface area (Å²) in [5, 5.41) is 3.48. The van der Waals surface area contributed by atoms with E-state index in [4.69, 9.17) is 0 Å².